The van der Waals surface area contributed by atoms with Crippen molar-refractivity contribution in [3.63, 3.8) is 0 Å². The van der Waals surface area contributed by atoms with Crippen molar-refractivity contribution in [1.29, 1.82) is 0 Å². The molecule has 2 fully saturated rings. The van der Waals surface area contributed by atoms with Gasteiger partial charge < -0.3 is 14.8 Å². The molecule has 1 saturated carbocycles. The van der Waals surface area contributed by atoms with Crippen molar-refractivity contribution < 1.29 is 27.5 Å². The minimum absolute atomic E-state index is 0.0131. The number of ketones is 1. The minimum Gasteiger partial charge on any atom is -0.454 e. The van der Waals surface area contributed by atoms with Crippen LogP contribution in [0.5, 0.6) is 11.5 Å². The summed E-state index contributed by atoms with van der Waals surface area (Å²) in [5.74, 6) is 0.686. The number of rotatable bonds is 5. The van der Waals surface area contributed by atoms with Crippen LogP contribution in [-0.2, 0) is 9.84 Å². The summed E-state index contributed by atoms with van der Waals surface area (Å²) in [6.07, 6.45) is 2.44. The van der Waals surface area contributed by atoms with E-state index >= 15 is 0 Å². The van der Waals surface area contributed by atoms with Crippen LogP contribution in [0.25, 0.3) is 11.0 Å². The third kappa shape index (κ3) is 3.83. The molecule has 4 heterocycles. The van der Waals surface area contributed by atoms with Gasteiger partial charge in [-0.25, -0.2) is 18.1 Å². The highest BCUT2D eigenvalue weighted by Gasteiger charge is 2.34. The lowest BCUT2D eigenvalue weighted by molar-refractivity contribution is 0.101. The fraction of sp³-hybridized carbons (Fsp3) is 0.417. The summed E-state index contributed by atoms with van der Waals surface area (Å²) >= 11 is 0. The van der Waals surface area contributed by atoms with E-state index in [1.807, 2.05) is 0 Å². The molecule has 182 valence electrons. The molecule has 1 aliphatic carbocycles. The number of carbonyl (C=O) groups is 2. The maximum atomic E-state index is 13.6. The number of ether oxygens (including phenoxy) is 2. The SMILES string of the molecule is CC(=O)c1cc2c(cc1NC(=O)c1cc(C3CC3)nc3c1c(C)nn3C1CCS(=O)(=O)C1)OCO2. The number of aromatic nitrogens is 3. The maximum absolute atomic E-state index is 13.6. The molecule has 0 radical (unpaired) electrons. The molecule has 11 heteroatoms. The monoisotopic (exact) mass is 496 g/mol. The Morgan fingerprint density at radius 1 is 1.09 bits per heavy atom. The highest BCUT2D eigenvalue weighted by atomic mass is 32.2. The van der Waals surface area contributed by atoms with Crippen LogP contribution in [0.3, 0.4) is 0 Å². The number of nitrogens with one attached hydrogen (secondary N) is 1. The van der Waals surface area contributed by atoms with E-state index < -0.39 is 15.7 Å². The molecule has 2 aliphatic heterocycles. The van der Waals surface area contributed by atoms with Crippen LogP contribution in [0.4, 0.5) is 5.69 Å². The third-order valence-electron chi connectivity index (χ3n) is 6.79. The summed E-state index contributed by atoms with van der Waals surface area (Å²) in [7, 11) is -3.12. The molecule has 3 aliphatic rings. The molecule has 1 amide bonds. The van der Waals surface area contributed by atoms with Crippen molar-refractivity contribution >= 4 is 38.2 Å². The number of nitrogens with zero attached hydrogens (tertiary/aromatic N) is 3. The lowest BCUT2D eigenvalue weighted by Crippen LogP contribution is -2.16. The number of Topliss-reactive ketones (excluding diaryl/α,β-unsaturated/α-hetero) is 1. The molecule has 10 nitrogen and oxygen atoms in total. The average Bonchev–Trinajstić information content (AvgIpc) is 3.32. The number of fused-ring (bicyclic) bond motifs is 2. The van der Waals surface area contributed by atoms with Crippen LogP contribution < -0.4 is 14.8 Å². The number of benzene rings is 1. The first-order valence-electron chi connectivity index (χ1n) is 11.6. The first-order valence-corrected chi connectivity index (χ1v) is 13.4. The second-order valence-corrected chi connectivity index (χ2v) is 11.6. The van der Waals surface area contributed by atoms with Gasteiger partial charge in [0.05, 0.1) is 39.9 Å². The molecular weight excluding hydrogens is 472 g/mol. The van der Waals surface area contributed by atoms with Gasteiger partial charge in [-0.05, 0) is 45.2 Å². The number of amides is 1. The molecular formula is C24H24N4O6S. The Hall–Kier alpha value is -3.47. The Labute approximate surface area is 201 Å². The lowest BCUT2D eigenvalue weighted by atomic mass is 10.0. The summed E-state index contributed by atoms with van der Waals surface area (Å²) in [5, 5.41) is 8.08. The van der Waals surface area contributed by atoms with E-state index in [1.165, 1.54) is 6.92 Å². The first kappa shape index (κ1) is 22.0. The van der Waals surface area contributed by atoms with Crippen molar-refractivity contribution in [2.45, 2.75) is 45.1 Å². The molecule has 35 heavy (non-hydrogen) atoms. The zero-order valence-corrected chi connectivity index (χ0v) is 20.1. The van der Waals surface area contributed by atoms with Gasteiger partial charge in [-0.3, -0.25) is 9.59 Å². The van der Waals surface area contributed by atoms with Gasteiger partial charge >= 0.3 is 0 Å². The van der Waals surface area contributed by atoms with Crippen LogP contribution in [0.15, 0.2) is 18.2 Å². The maximum Gasteiger partial charge on any atom is 0.256 e. The third-order valence-corrected chi connectivity index (χ3v) is 8.54. The molecule has 3 aromatic rings. The second-order valence-electron chi connectivity index (χ2n) is 9.42. The summed E-state index contributed by atoms with van der Waals surface area (Å²) in [6.45, 7) is 3.26. The standard InChI is InChI=1S/C24H24N4O6S/c1-12-22-17(24(30)26-19-9-21-20(33-11-34-21)8-16(19)13(2)29)7-18(14-3-4-14)25-23(22)28(27-12)15-5-6-35(31,32)10-15/h7-9,14-15H,3-6,10-11H2,1-2H3,(H,26,30). The number of sulfone groups is 1. The van der Waals surface area contributed by atoms with Crippen LogP contribution in [-0.4, -0.2) is 53.2 Å². The molecule has 1 saturated heterocycles. The van der Waals surface area contributed by atoms with Gasteiger partial charge in [0.2, 0.25) is 6.79 Å². The number of hydrogen-bond donors (Lipinski definition) is 1. The van der Waals surface area contributed by atoms with E-state index in [9.17, 15) is 18.0 Å². The fourth-order valence-electron chi connectivity index (χ4n) is 4.85. The van der Waals surface area contributed by atoms with Gasteiger partial charge in [0.1, 0.15) is 0 Å². The van der Waals surface area contributed by atoms with Gasteiger partial charge in [0.25, 0.3) is 5.91 Å². The van der Waals surface area contributed by atoms with Crippen LogP contribution in [0, 0.1) is 6.92 Å². The van der Waals surface area contributed by atoms with E-state index in [-0.39, 0.29) is 36.0 Å². The van der Waals surface area contributed by atoms with Crippen LogP contribution in [0.1, 0.15) is 70.2 Å². The van der Waals surface area contributed by atoms with Crippen LogP contribution in [0.2, 0.25) is 0 Å². The Kier molecular flexibility index (Phi) is 4.89. The van der Waals surface area contributed by atoms with Crippen molar-refractivity contribution in [3.8, 4) is 11.5 Å². The molecule has 2 aromatic heterocycles. The largest absolute Gasteiger partial charge is 0.454 e. The fourth-order valence-corrected chi connectivity index (χ4v) is 6.54. The van der Waals surface area contributed by atoms with Gasteiger partial charge in [-0.1, -0.05) is 0 Å². The molecule has 1 unspecified atom stereocenters. The Morgan fingerprint density at radius 2 is 1.83 bits per heavy atom. The van der Waals surface area contributed by atoms with Crippen molar-refractivity contribution in [1.82, 2.24) is 14.8 Å². The van der Waals surface area contributed by atoms with Crippen molar-refractivity contribution in [3.05, 3.63) is 40.7 Å². The molecule has 1 aromatic carbocycles. The number of pyridine rings is 1. The number of carbonyl (C=O) groups excluding carboxylic acids is 2. The Balaban J connectivity index is 1.45. The van der Waals surface area contributed by atoms with Gasteiger partial charge in [0, 0.05) is 23.2 Å². The average molecular weight is 497 g/mol. The van der Waals surface area contributed by atoms with Gasteiger partial charge in [0.15, 0.2) is 32.8 Å². The summed E-state index contributed by atoms with van der Waals surface area (Å²) in [4.78, 5) is 30.7. The van der Waals surface area contributed by atoms with Crippen molar-refractivity contribution in [2.75, 3.05) is 23.6 Å². The zero-order valence-electron chi connectivity index (χ0n) is 19.3. The number of anilines is 1. The number of aryl methyl sites for hydroxylation is 1. The topological polar surface area (TPSA) is 129 Å². The summed E-state index contributed by atoms with van der Waals surface area (Å²) in [5.41, 5.74) is 2.96. The van der Waals surface area contributed by atoms with E-state index in [1.54, 1.807) is 29.8 Å². The normalized spacial score (nSPS) is 20.3. The lowest BCUT2D eigenvalue weighted by Gasteiger charge is -2.13. The molecule has 6 rings (SSSR count). The first-order chi connectivity index (χ1) is 16.7. The van der Waals surface area contributed by atoms with E-state index in [0.717, 1.165) is 18.5 Å². The molecule has 0 bridgehead atoms. The molecule has 1 atom stereocenters. The predicted octanol–water partition coefficient (Wildman–Crippen LogP) is 3.16. The predicted molar refractivity (Wildman–Crippen MR) is 127 cm³/mol. The quantitative estimate of drug-likeness (QED) is 0.533. The minimum atomic E-state index is -3.12. The van der Waals surface area contributed by atoms with Crippen LogP contribution >= 0.6 is 0 Å². The number of hydrogen-bond acceptors (Lipinski definition) is 8. The highest BCUT2D eigenvalue weighted by Crippen LogP contribution is 2.42. The van der Waals surface area contributed by atoms with Gasteiger partial charge in [-0.15, -0.1) is 0 Å². The second kappa shape index (κ2) is 7.77. The van der Waals surface area contributed by atoms with Gasteiger partial charge in [-0.2, -0.15) is 5.10 Å². The Morgan fingerprint density at radius 3 is 2.49 bits per heavy atom. The molecule has 0 spiro atoms. The zero-order chi connectivity index (χ0) is 24.5. The highest BCUT2D eigenvalue weighted by molar-refractivity contribution is 7.91. The van der Waals surface area contributed by atoms with Crippen molar-refractivity contribution in [2.24, 2.45) is 0 Å². The van der Waals surface area contributed by atoms with E-state index in [0.29, 0.717) is 51.5 Å². The Bertz CT molecular complexity index is 1520. The smallest absolute Gasteiger partial charge is 0.256 e. The molecule has 1 N–H and O–H groups in total. The van der Waals surface area contributed by atoms with E-state index in [2.05, 4.69) is 10.4 Å². The summed E-state index contributed by atoms with van der Waals surface area (Å²) < 4.78 is 36.7. The summed E-state index contributed by atoms with van der Waals surface area (Å²) in [6, 6.07) is 4.64. The van der Waals surface area contributed by atoms with E-state index in [4.69, 9.17) is 14.5 Å².